The van der Waals surface area contributed by atoms with Crippen LogP contribution in [0.4, 0.5) is 0 Å². The topological polar surface area (TPSA) is 44.4 Å². The Balaban J connectivity index is 2.13. The maximum atomic E-state index is 11.6. The summed E-state index contributed by atoms with van der Waals surface area (Å²) < 4.78 is 0. The van der Waals surface area contributed by atoms with Gasteiger partial charge in [0.15, 0.2) is 0 Å². The van der Waals surface area contributed by atoms with Crippen LogP contribution in [-0.4, -0.2) is 49.6 Å². The monoisotopic (exact) mass is 241 g/mol. The minimum Gasteiger partial charge on any atom is -0.350 e. The van der Waals surface area contributed by atoms with E-state index < -0.39 is 0 Å². The van der Waals surface area contributed by atoms with E-state index in [-0.39, 0.29) is 11.4 Å². The van der Waals surface area contributed by atoms with Crippen molar-refractivity contribution in [2.45, 2.75) is 39.2 Å². The molecule has 1 amide bonds. The van der Waals surface area contributed by atoms with E-state index in [9.17, 15) is 4.79 Å². The summed E-state index contributed by atoms with van der Waals surface area (Å²) in [7, 11) is 2.17. The molecule has 4 nitrogen and oxygen atoms in total. The number of likely N-dealkylation sites (tertiary alicyclic amines) is 1. The molecule has 0 aromatic heterocycles. The van der Waals surface area contributed by atoms with Crippen LogP contribution in [0.2, 0.25) is 0 Å². The van der Waals surface area contributed by atoms with Crippen molar-refractivity contribution in [3.63, 3.8) is 0 Å². The minimum absolute atomic E-state index is 0.0849. The molecule has 1 rings (SSSR count). The quantitative estimate of drug-likeness (QED) is 0.766. The molecule has 17 heavy (non-hydrogen) atoms. The van der Waals surface area contributed by atoms with Crippen LogP contribution in [0.15, 0.2) is 0 Å². The van der Waals surface area contributed by atoms with Gasteiger partial charge in [-0.15, -0.1) is 0 Å². The zero-order valence-corrected chi connectivity index (χ0v) is 11.7. The highest BCUT2D eigenvalue weighted by Gasteiger charge is 2.17. The number of rotatable bonds is 4. The van der Waals surface area contributed by atoms with E-state index in [1.165, 1.54) is 19.4 Å². The molecule has 1 unspecified atom stereocenters. The van der Waals surface area contributed by atoms with Gasteiger partial charge < -0.3 is 15.5 Å². The largest absolute Gasteiger partial charge is 0.350 e. The third-order valence-electron chi connectivity index (χ3n) is 2.96. The lowest BCUT2D eigenvalue weighted by Gasteiger charge is -2.29. The molecule has 0 aromatic rings. The number of hydrogen-bond donors (Lipinski definition) is 2. The van der Waals surface area contributed by atoms with Gasteiger partial charge in [0.25, 0.3) is 0 Å². The van der Waals surface area contributed by atoms with Crippen molar-refractivity contribution in [3.8, 4) is 0 Å². The normalized spacial score (nSPS) is 22.5. The number of carbonyl (C=O) groups excluding carboxylic acids is 1. The Kier molecular flexibility index (Phi) is 5.40. The van der Waals surface area contributed by atoms with Gasteiger partial charge in [-0.1, -0.05) is 0 Å². The van der Waals surface area contributed by atoms with Crippen molar-refractivity contribution in [1.82, 2.24) is 15.5 Å². The third-order valence-corrected chi connectivity index (χ3v) is 2.96. The van der Waals surface area contributed by atoms with Crippen molar-refractivity contribution in [3.05, 3.63) is 0 Å². The summed E-state index contributed by atoms with van der Waals surface area (Å²) in [6.45, 7) is 9.73. The Labute approximate surface area is 105 Å². The number of hydrogen-bond acceptors (Lipinski definition) is 3. The molecule has 4 heteroatoms. The first-order chi connectivity index (χ1) is 7.87. The number of carbonyl (C=O) groups is 1. The average molecular weight is 241 g/mol. The molecule has 0 aromatic carbocycles. The molecule has 1 aliphatic heterocycles. The van der Waals surface area contributed by atoms with Gasteiger partial charge in [-0.05, 0) is 59.7 Å². The molecule has 2 N–H and O–H groups in total. The van der Waals surface area contributed by atoms with Crippen LogP contribution in [0.1, 0.15) is 33.6 Å². The smallest absolute Gasteiger partial charge is 0.234 e. The van der Waals surface area contributed by atoms with Gasteiger partial charge in [0, 0.05) is 12.1 Å². The van der Waals surface area contributed by atoms with Crippen LogP contribution in [0.25, 0.3) is 0 Å². The van der Waals surface area contributed by atoms with Crippen molar-refractivity contribution in [2.75, 3.05) is 33.2 Å². The number of amides is 1. The first-order valence-electron chi connectivity index (χ1n) is 6.57. The molecule has 0 radical (unpaired) electrons. The zero-order chi connectivity index (χ0) is 12.9. The lowest BCUT2D eigenvalue weighted by molar-refractivity contribution is -0.121. The molecular weight excluding hydrogens is 214 g/mol. The standard InChI is InChI=1S/C13H27N3O/c1-13(2,3)15-12(17)9-14-8-11-6-5-7-16(4)10-11/h11,14H,5-10H2,1-4H3,(H,15,17). The lowest BCUT2D eigenvalue weighted by Crippen LogP contribution is -2.46. The highest BCUT2D eigenvalue weighted by molar-refractivity contribution is 5.78. The maximum Gasteiger partial charge on any atom is 0.234 e. The Morgan fingerprint density at radius 2 is 2.12 bits per heavy atom. The Bertz CT molecular complexity index is 248. The first kappa shape index (κ1) is 14.5. The van der Waals surface area contributed by atoms with E-state index in [1.54, 1.807) is 0 Å². The van der Waals surface area contributed by atoms with Gasteiger partial charge in [-0.25, -0.2) is 0 Å². The Morgan fingerprint density at radius 3 is 2.71 bits per heavy atom. The summed E-state index contributed by atoms with van der Waals surface area (Å²) in [5.74, 6) is 0.776. The molecule has 0 aliphatic carbocycles. The summed E-state index contributed by atoms with van der Waals surface area (Å²) in [6, 6.07) is 0. The van der Waals surface area contributed by atoms with E-state index in [0.717, 1.165) is 13.1 Å². The lowest BCUT2D eigenvalue weighted by atomic mass is 9.98. The van der Waals surface area contributed by atoms with Crippen molar-refractivity contribution >= 4 is 5.91 Å². The van der Waals surface area contributed by atoms with Gasteiger partial charge >= 0.3 is 0 Å². The van der Waals surface area contributed by atoms with E-state index in [4.69, 9.17) is 0 Å². The summed E-state index contributed by atoms with van der Waals surface area (Å²) in [4.78, 5) is 13.9. The number of piperidine rings is 1. The van der Waals surface area contributed by atoms with E-state index in [1.807, 2.05) is 20.8 Å². The SMILES string of the molecule is CN1CCCC(CNCC(=O)NC(C)(C)C)C1. The van der Waals surface area contributed by atoms with Gasteiger partial charge in [0.1, 0.15) is 0 Å². The first-order valence-corrected chi connectivity index (χ1v) is 6.57. The van der Waals surface area contributed by atoms with Crippen LogP contribution < -0.4 is 10.6 Å². The molecule has 1 aliphatic rings. The zero-order valence-electron chi connectivity index (χ0n) is 11.7. The molecule has 0 spiro atoms. The fourth-order valence-corrected chi connectivity index (χ4v) is 2.29. The van der Waals surface area contributed by atoms with Crippen LogP contribution in [0.3, 0.4) is 0 Å². The van der Waals surface area contributed by atoms with Crippen molar-refractivity contribution in [2.24, 2.45) is 5.92 Å². The maximum absolute atomic E-state index is 11.6. The average Bonchev–Trinajstić information content (AvgIpc) is 2.14. The van der Waals surface area contributed by atoms with Gasteiger partial charge in [0.2, 0.25) is 5.91 Å². The molecule has 0 bridgehead atoms. The third kappa shape index (κ3) is 6.64. The molecule has 1 atom stereocenters. The van der Waals surface area contributed by atoms with Crippen molar-refractivity contribution in [1.29, 1.82) is 0 Å². The van der Waals surface area contributed by atoms with Crippen LogP contribution in [-0.2, 0) is 4.79 Å². The number of nitrogens with zero attached hydrogens (tertiary/aromatic N) is 1. The predicted molar refractivity (Wildman–Crippen MR) is 71.0 cm³/mol. The molecule has 1 heterocycles. The molecule has 1 fully saturated rings. The van der Waals surface area contributed by atoms with E-state index >= 15 is 0 Å². The highest BCUT2D eigenvalue weighted by Crippen LogP contribution is 2.13. The number of nitrogens with one attached hydrogen (secondary N) is 2. The van der Waals surface area contributed by atoms with Gasteiger partial charge in [0.05, 0.1) is 6.54 Å². The highest BCUT2D eigenvalue weighted by atomic mass is 16.2. The van der Waals surface area contributed by atoms with Crippen LogP contribution in [0, 0.1) is 5.92 Å². The molecule has 100 valence electrons. The van der Waals surface area contributed by atoms with Crippen molar-refractivity contribution < 1.29 is 4.79 Å². The Hall–Kier alpha value is -0.610. The molecular formula is C13H27N3O. The fourth-order valence-electron chi connectivity index (χ4n) is 2.29. The minimum atomic E-state index is -0.135. The van der Waals surface area contributed by atoms with Gasteiger partial charge in [-0.2, -0.15) is 0 Å². The Morgan fingerprint density at radius 1 is 1.41 bits per heavy atom. The van der Waals surface area contributed by atoms with Gasteiger partial charge in [-0.3, -0.25) is 4.79 Å². The summed E-state index contributed by atoms with van der Waals surface area (Å²) in [5.41, 5.74) is -0.135. The second-order valence-electron chi connectivity index (χ2n) is 6.20. The summed E-state index contributed by atoms with van der Waals surface area (Å²) in [6.07, 6.45) is 2.55. The summed E-state index contributed by atoms with van der Waals surface area (Å²) >= 11 is 0. The second kappa shape index (κ2) is 6.36. The van der Waals surface area contributed by atoms with Crippen LogP contribution >= 0.6 is 0 Å². The van der Waals surface area contributed by atoms with E-state index in [0.29, 0.717) is 12.5 Å². The molecule has 1 saturated heterocycles. The fraction of sp³-hybridized carbons (Fsp3) is 0.923. The predicted octanol–water partition coefficient (Wildman–Crippen LogP) is 0.833. The molecule has 0 saturated carbocycles. The summed E-state index contributed by atoms with van der Waals surface area (Å²) in [5, 5.41) is 6.21. The van der Waals surface area contributed by atoms with E-state index in [2.05, 4.69) is 22.6 Å². The van der Waals surface area contributed by atoms with Crippen LogP contribution in [0.5, 0.6) is 0 Å². The second-order valence-corrected chi connectivity index (χ2v) is 6.20.